The number of benzene rings is 4. The Kier molecular flexibility index (Phi) is 9.39. The normalized spacial score (nSPS) is 11.7. The van der Waals surface area contributed by atoms with Crippen molar-refractivity contribution in [3.63, 3.8) is 0 Å². The van der Waals surface area contributed by atoms with Crippen LogP contribution in [0.4, 0.5) is 0 Å². The van der Waals surface area contributed by atoms with Crippen LogP contribution in [0.5, 0.6) is 11.5 Å². The molecule has 0 aliphatic carbocycles. The second-order valence-electron chi connectivity index (χ2n) is 11.0. The van der Waals surface area contributed by atoms with Crippen molar-refractivity contribution in [2.24, 2.45) is 0 Å². The van der Waals surface area contributed by atoms with E-state index in [9.17, 15) is 28.2 Å². The number of para-hydroxylation sites is 1. The number of ether oxygens (including phenoxy) is 1. The van der Waals surface area contributed by atoms with Gasteiger partial charge in [-0.3, -0.25) is 0 Å². The molecular formula is C36H34NO8S+. The predicted octanol–water partition coefficient (Wildman–Crippen LogP) is 6.66. The van der Waals surface area contributed by atoms with Crippen LogP contribution in [-0.2, 0) is 16.7 Å². The van der Waals surface area contributed by atoms with Crippen LogP contribution in [0.15, 0.2) is 78.9 Å². The first-order chi connectivity index (χ1) is 22.0. The monoisotopic (exact) mass is 640 g/mol. The van der Waals surface area contributed by atoms with E-state index in [-0.39, 0.29) is 22.6 Å². The highest BCUT2D eigenvalue weighted by Gasteiger charge is 2.24. The molecule has 0 radical (unpaired) electrons. The summed E-state index contributed by atoms with van der Waals surface area (Å²) in [5.41, 5.74) is 4.37. The molecule has 236 valence electrons. The predicted molar refractivity (Wildman–Crippen MR) is 177 cm³/mol. The van der Waals surface area contributed by atoms with Gasteiger partial charge in [0.2, 0.25) is 11.0 Å². The van der Waals surface area contributed by atoms with Gasteiger partial charge < -0.3 is 19.1 Å². The largest absolute Gasteiger partial charge is 0.497 e. The highest BCUT2D eigenvalue weighted by molar-refractivity contribution is 7.87. The van der Waals surface area contributed by atoms with Crippen LogP contribution in [0.2, 0.25) is 0 Å². The summed E-state index contributed by atoms with van der Waals surface area (Å²) in [5.74, 6) is -1.48. The van der Waals surface area contributed by atoms with Crippen LogP contribution < -0.4 is 13.5 Å². The lowest BCUT2D eigenvalue weighted by molar-refractivity contribution is -0.645. The van der Waals surface area contributed by atoms with Crippen molar-refractivity contribution in [3.8, 4) is 11.5 Å². The molecule has 10 heteroatoms. The van der Waals surface area contributed by atoms with Crippen LogP contribution >= 0.6 is 0 Å². The van der Waals surface area contributed by atoms with Crippen LogP contribution in [0.25, 0.3) is 34.0 Å². The van der Waals surface area contributed by atoms with E-state index in [1.165, 1.54) is 12.1 Å². The minimum absolute atomic E-state index is 0.0607. The number of methoxy groups -OCH3 is 1. The van der Waals surface area contributed by atoms with Gasteiger partial charge in [-0.05, 0) is 85.0 Å². The van der Waals surface area contributed by atoms with Gasteiger partial charge in [0.1, 0.15) is 18.0 Å². The summed E-state index contributed by atoms with van der Waals surface area (Å²) < 4.78 is 38.4. The number of pyridine rings is 1. The molecule has 1 aromatic heterocycles. The molecule has 0 unspecified atom stereocenters. The molecule has 0 amide bonds. The summed E-state index contributed by atoms with van der Waals surface area (Å²) in [5, 5.41) is 20.7. The fraction of sp³-hybridized carbons (Fsp3) is 0.194. The van der Waals surface area contributed by atoms with E-state index in [1.54, 1.807) is 33.1 Å². The van der Waals surface area contributed by atoms with Gasteiger partial charge in [0, 0.05) is 18.6 Å². The third kappa shape index (κ3) is 7.02. The number of fused-ring (bicyclic) bond motifs is 2. The molecular weight excluding hydrogens is 606 g/mol. The Hall–Kier alpha value is -5.22. The quantitative estimate of drug-likeness (QED) is 0.0509. The van der Waals surface area contributed by atoms with Crippen molar-refractivity contribution in [2.45, 2.75) is 33.2 Å². The number of rotatable bonds is 12. The average molecular weight is 641 g/mol. The van der Waals surface area contributed by atoms with E-state index in [0.717, 1.165) is 27.9 Å². The van der Waals surface area contributed by atoms with Crippen LogP contribution in [0.3, 0.4) is 0 Å². The maximum Gasteiger partial charge on any atom is 0.337 e. The first kappa shape index (κ1) is 32.2. The SMILES string of the molecule is COc1ccc(/C=C/c2ccc3c(c2)c(C(=O)O)c2ccccc2[n+]3CCCCS(=O)(=O)Oc2c(C)cc(C(=O)O)cc2C)cc1. The van der Waals surface area contributed by atoms with Gasteiger partial charge in [0.05, 0.1) is 34.8 Å². The third-order valence-electron chi connectivity index (χ3n) is 7.79. The van der Waals surface area contributed by atoms with E-state index in [4.69, 9.17) is 8.92 Å². The van der Waals surface area contributed by atoms with Gasteiger partial charge >= 0.3 is 22.1 Å². The summed E-state index contributed by atoms with van der Waals surface area (Å²) in [4.78, 5) is 23.9. The van der Waals surface area contributed by atoms with E-state index < -0.39 is 22.1 Å². The number of carboxylic acid groups (broad SMARTS) is 2. The number of unbranched alkanes of at least 4 members (excludes halogenated alkanes) is 1. The lowest BCUT2D eigenvalue weighted by atomic mass is 9.99. The first-order valence-corrected chi connectivity index (χ1v) is 16.3. The summed E-state index contributed by atoms with van der Waals surface area (Å²) in [6, 6.07) is 23.4. The standard InChI is InChI=1S/C36H33NO8S/c1-23-20-27(35(38)39)21-24(2)34(23)45-46(42,43)19-7-6-18-37-31-9-5-4-8-29(31)33(36(40)41)30-22-26(14-17-32(30)37)11-10-25-12-15-28(44-3)16-13-25/h4-5,8-17,20-22H,6-7,18-19H2,1-3H3,(H-,38,39,40,41)/p+1/b11-10+. The maximum absolute atomic E-state index is 12.9. The van der Waals surface area contributed by atoms with Crippen molar-refractivity contribution in [2.75, 3.05) is 12.9 Å². The van der Waals surface area contributed by atoms with Gasteiger partial charge in [-0.15, -0.1) is 0 Å². The number of hydrogen-bond donors (Lipinski definition) is 2. The first-order valence-electron chi connectivity index (χ1n) is 14.7. The third-order valence-corrected chi connectivity index (χ3v) is 9.00. The van der Waals surface area contributed by atoms with Gasteiger partial charge in [0.25, 0.3) is 0 Å². The Morgan fingerprint density at radius 1 is 0.783 bits per heavy atom. The van der Waals surface area contributed by atoms with Crippen molar-refractivity contribution < 1.29 is 41.7 Å². The molecule has 0 spiro atoms. The average Bonchev–Trinajstić information content (AvgIpc) is 3.03. The Bertz CT molecular complexity index is 2080. The van der Waals surface area contributed by atoms with Crippen molar-refractivity contribution in [1.29, 1.82) is 0 Å². The molecule has 0 saturated heterocycles. The lowest BCUT2D eigenvalue weighted by Crippen LogP contribution is -2.36. The van der Waals surface area contributed by atoms with E-state index >= 15 is 0 Å². The van der Waals surface area contributed by atoms with Gasteiger partial charge in [-0.25, -0.2) is 9.59 Å². The Labute approximate surface area is 267 Å². The van der Waals surface area contributed by atoms with E-state index in [1.807, 2.05) is 71.3 Å². The molecule has 46 heavy (non-hydrogen) atoms. The minimum Gasteiger partial charge on any atom is -0.497 e. The van der Waals surface area contributed by atoms with Gasteiger partial charge in [-0.1, -0.05) is 36.4 Å². The number of aromatic carboxylic acids is 2. The molecule has 9 nitrogen and oxygen atoms in total. The Morgan fingerprint density at radius 2 is 1.41 bits per heavy atom. The van der Waals surface area contributed by atoms with E-state index in [0.29, 0.717) is 41.3 Å². The zero-order valence-corrected chi connectivity index (χ0v) is 26.5. The van der Waals surface area contributed by atoms with Crippen LogP contribution in [0.1, 0.15) is 55.8 Å². The molecule has 0 saturated carbocycles. The summed E-state index contributed by atoms with van der Waals surface area (Å²) >= 11 is 0. The number of hydrogen-bond acceptors (Lipinski definition) is 6. The number of carboxylic acids is 2. The summed E-state index contributed by atoms with van der Waals surface area (Å²) in [6.45, 7) is 3.66. The second kappa shape index (κ2) is 13.4. The number of carbonyl (C=O) groups is 2. The smallest absolute Gasteiger partial charge is 0.337 e. The fourth-order valence-corrected chi connectivity index (χ4v) is 6.75. The zero-order chi connectivity index (χ0) is 33.0. The molecule has 0 aliphatic rings. The maximum atomic E-state index is 12.9. The highest BCUT2D eigenvalue weighted by Crippen LogP contribution is 2.28. The minimum atomic E-state index is -3.96. The number of aryl methyl sites for hydroxylation is 3. The molecule has 1 heterocycles. The molecule has 5 aromatic rings. The summed E-state index contributed by atoms with van der Waals surface area (Å²) in [6.07, 6.45) is 4.64. The molecule has 5 rings (SSSR count). The topological polar surface area (TPSA) is 131 Å². The van der Waals surface area contributed by atoms with Crippen LogP contribution in [-0.4, -0.2) is 43.4 Å². The Morgan fingerprint density at radius 3 is 2.07 bits per heavy atom. The molecule has 0 atom stereocenters. The fourth-order valence-electron chi connectivity index (χ4n) is 5.59. The zero-order valence-electron chi connectivity index (χ0n) is 25.7. The number of aromatic nitrogens is 1. The van der Waals surface area contributed by atoms with Gasteiger partial charge in [0.15, 0.2) is 0 Å². The van der Waals surface area contributed by atoms with Crippen molar-refractivity contribution >= 4 is 56.0 Å². The summed E-state index contributed by atoms with van der Waals surface area (Å²) in [7, 11) is -2.35. The lowest BCUT2D eigenvalue weighted by Gasteiger charge is -2.13. The van der Waals surface area contributed by atoms with Crippen molar-refractivity contribution in [3.05, 3.63) is 112 Å². The van der Waals surface area contributed by atoms with E-state index in [2.05, 4.69) is 0 Å². The Balaban J connectivity index is 1.40. The number of nitrogens with zero attached hydrogens (tertiary/aromatic N) is 1. The molecule has 2 N–H and O–H groups in total. The van der Waals surface area contributed by atoms with Crippen LogP contribution in [0, 0.1) is 13.8 Å². The molecule has 0 fully saturated rings. The molecule has 0 bridgehead atoms. The second-order valence-corrected chi connectivity index (χ2v) is 12.7. The highest BCUT2D eigenvalue weighted by atomic mass is 32.2. The van der Waals surface area contributed by atoms with Gasteiger partial charge in [-0.2, -0.15) is 13.0 Å². The van der Waals surface area contributed by atoms with Crippen molar-refractivity contribution in [1.82, 2.24) is 0 Å². The molecule has 0 aliphatic heterocycles. The molecule has 4 aromatic carbocycles.